The van der Waals surface area contributed by atoms with Crippen molar-refractivity contribution in [1.82, 2.24) is 5.32 Å². The summed E-state index contributed by atoms with van der Waals surface area (Å²) in [5.41, 5.74) is 8.94. The van der Waals surface area contributed by atoms with E-state index in [1.54, 1.807) is 0 Å². The molecule has 7 N–H and O–H groups in total. The van der Waals surface area contributed by atoms with Crippen LogP contribution in [0.3, 0.4) is 0 Å². The molecule has 0 bridgehead atoms. The summed E-state index contributed by atoms with van der Waals surface area (Å²) in [7, 11) is 0. The Labute approximate surface area is 127 Å². The molecule has 0 fully saturated rings. The van der Waals surface area contributed by atoms with Gasteiger partial charge in [0.15, 0.2) is 11.5 Å². The fraction of sp³-hybridized carbons (Fsp3) is 0. The van der Waals surface area contributed by atoms with Crippen molar-refractivity contribution < 1.29 is 29.4 Å². The van der Waals surface area contributed by atoms with Gasteiger partial charge in [0, 0.05) is 10.8 Å². The third-order valence-electron chi connectivity index (χ3n) is 3.61. The average molecular weight is 315 g/mol. The highest BCUT2D eigenvalue weighted by Gasteiger charge is 2.36. The molecule has 0 saturated carbocycles. The van der Waals surface area contributed by atoms with Crippen molar-refractivity contribution in [2.45, 2.75) is 0 Å². The van der Waals surface area contributed by atoms with E-state index in [0.717, 1.165) is 6.07 Å². The molecule has 1 heterocycles. The van der Waals surface area contributed by atoms with E-state index < -0.39 is 46.3 Å². The summed E-state index contributed by atoms with van der Waals surface area (Å²) >= 11 is 0. The topological polar surface area (TPSA) is 173 Å². The zero-order chi connectivity index (χ0) is 17.0. The van der Waals surface area contributed by atoms with Crippen molar-refractivity contribution in [3.8, 4) is 11.5 Å². The first kappa shape index (κ1) is 14.3. The molecule has 1 aliphatic heterocycles. The van der Waals surface area contributed by atoms with E-state index in [1.807, 2.05) is 5.32 Å². The smallest absolute Gasteiger partial charge is 0.262 e. The van der Waals surface area contributed by atoms with Crippen LogP contribution in [0.25, 0.3) is 10.8 Å². The third-order valence-corrected chi connectivity index (χ3v) is 3.61. The molecule has 0 radical (unpaired) electrons. The van der Waals surface area contributed by atoms with E-state index in [2.05, 4.69) is 0 Å². The summed E-state index contributed by atoms with van der Waals surface area (Å²) in [5.74, 6) is -5.43. The van der Waals surface area contributed by atoms with Crippen LogP contribution in [-0.2, 0) is 0 Å². The fourth-order valence-electron chi connectivity index (χ4n) is 2.69. The van der Waals surface area contributed by atoms with Crippen LogP contribution in [0.1, 0.15) is 41.4 Å². The monoisotopic (exact) mass is 315 g/mol. The Hall–Kier alpha value is -3.62. The molecule has 3 rings (SSSR count). The van der Waals surface area contributed by atoms with E-state index in [9.17, 15) is 29.4 Å². The highest BCUT2D eigenvalue weighted by atomic mass is 16.3. The SMILES string of the molecule is NC(=O)c1ccc2c(O)c(O)c3c(c2c1C(N)=O)C(=O)NC3=O. The number of phenols is 2. The second-order valence-electron chi connectivity index (χ2n) is 4.87. The molecule has 0 aromatic heterocycles. The van der Waals surface area contributed by atoms with Gasteiger partial charge in [0.2, 0.25) is 11.8 Å². The van der Waals surface area contributed by atoms with Gasteiger partial charge in [0.25, 0.3) is 11.8 Å². The molecule has 9 heteroatoms. The van der Waals surface area contributed by atoms with Crippen LogP contribution in [0.2, 0.25) is 0 Å². The third kappa shape index (κ3) is 1.73. The number of nitrogens with one attached hydrogen (secondary N) is 1. The van der Waals surface area contributed by atoms with Crippen molar-refractivity contribution in [3.05, 3.63) is 34.4 Å². The first-order chi connectivity index (χ1) is 10.8. The van der Waals surface area contributed by atoms with Crippen molar-refractivity contribution in [1.29, 1.82) is 0 Å². The Morgan fingerprint density at radius 3 is 2.09 bits per heavy atom. The molecular formula is C14H9N3O6. The Balaban J connectivity index is 2.66. The number of primary amides is 2. The lowest BCUT2D eigenvalue weighted by Gasteiger charge is -2.13. The summed E-state index contributed by atoms with van der Waals surface area (Å²) in [6.45, 7) is 0. The van der Waals surface area contributed by atoms with Gasteiger partial charge in [-0.2, -0.15) is 0 Å². The quantitative estimate of drug-likeness (QED) is 0.363. The lowest BCUT2D eigenvalue weighted by atomic mass is 9.91. The van der Waals surface area contributed by atoms with Crippen LogP contribution >= 0.6 is 0 Å². The van der Waals surface area contributed by atoms with Gasteiger partial charge in [0.1, 0.15) is 0 Å². The van der Waals surface area contributed by atoms with Crippen molar-refractivity contribution >= 4 is 34.4 Å². The number of phenolic OH excluding ortho intramolecular Hbond substituents is 2. The van der Waals surface area contributed by atoms with Crippen LogP contribution in [0, 0.1) is 0 Å². The number of fused-ring (bicyclic) bond motifs is 3. The minimum atomic E-state index is -1.08. The van der Waals surface area contributed by atoms with E-state index in [4.69, 9.17) is 11.5 Å². The van der Waals surface area contributed by atoms with Gasteiger partial charge in [-0.3, -0.25) is 24.5 Å². The van der Waals surface area contributed by atoms with Gasteiger partial charge in [-0.1, -0.05) is 0 Å². The Bertz CT molecular complexity index is 963. The zero-order valence-corrected chi connectivity index (χ0v) is 11.3. The van der Waals surface area contributed by atoms with Gasteiger partial charge < -0.3 is 21.7 Å². The average Bonchev–Trinajstić information content (AvgIpc) is 2.77. The summed E-state index contributed by atoms with van der Waals surface area (Å²) < 4.78 is 0. The minimum Gasteiger partial charge on any atom is -0.504 e. The number of carbonyl (C=O) groups excluding carboxylic acids is 4. The molecule has 1 aliphatic rings. The molecule has 2 aromatic rings. The van der Waals surface area contributed by atoms with Crippen LogP contribution in [0.15, 0.2) is 12.1 Å². The Kier molecular flexibility index (Phi) is 2.76. The summed E-state index contributed by atoms with van der Waals surface area (Å²) in [5, 5.41) is 21.6. The largest absolute Gasteiger partial charge is 0.504 e. The van der Waals surface area contributed by atoms with Crippen LogP contribution in [0.4, 0.5) is 0 Å². The molecule has 23 heavy (non-hydrogen) atoms. The first-order valence-electron chi connectivity index (χ1n) is 6.25. The second-order valence-corrected chi connectivity index (χ2v) is 4.87. The van der Waals surface area contributed by atoms with Crippen LogP contribution in [-0.4, -0.2) is 33.8 Å². The number of imide groups is 1. The van der Waals surface area contributed by atoms with Crippen molar-refractivity contribution in [3.63, 3.8) is 0 Å². The van der Waals surface area contributed by atoms with Crippen LogP contribution < -0.4 is 16.8 Å². The molecule has 0 atom stereocenters. The van der Waals surface area contributed by atoms with E-state index in [-0.39, 0.29) is 21.9 Å². The van der Waals surface area contributed by atoms with E-state index in [0.29, 0.717) is 0 Å². The first-order valence-corrected chi connectivity index (χ1v) is 6.25. The highest BCUT2D eigenvalue weighted by molar-refractivity contribution is 6.31. The molecule has 0 spiro atoms. The number of hydrogen-bond donors (Lipinski definition) is 5. The predicted octanol–water partition coefficient (Wildman–Crippen LogP) is -0.668. The Morgan fingerprint density at radius 2 is 1.52 bits per heavy atom. The lowest BCUT2D eigenvalue weighted by Crippen LogP contribution is -2.22. The van der Waals surface area contributed by atoms with Crippen LogP contribution in [0.5, 0.6) is 11.5 Å². The van der Waals surface area contributed by atoms with Gasteiger partial charge >= 0.3 is 0 Å². The maximum Gasteiger partial charge on any atom is 0.262 e. The van der Waals surface area contributed by atoms with Gasteiger partial charge in [-0.15, -0.1) is 0 Å². The standard InChI is InChI=1S/C14H9N3O6/c15-11(20)4-2-1-3-5(6(4)12(16)21)7-8(10(19)9(3)18)14(23)17-13(7)22/h1-2,18-19H,(H2,15,20)(H2,16,21)(H,17,22,23). The highest BCUT2D eigenvalue weighted by Crippen LogP contribution is 2.43. The number of amides is 4. The predicted molar refractivity (Wildman–Crippen MR) is 76.1 cm³/mol. The number of hydrogen-bond acceptors (Lipinski definition) is 6. The Morgan fingerprint density at radius 1 is 0.913 bits per heavy atom. The number of aromatic hydroxyl groups is 2. The molecule has 0 unspecified atom stereocenters. The number of benzene rings is 2. The number of rotatable bonds is 2. The molecule has 0 aliphatic carbocycles. The van der Waals surface area contributed by atoms with Gasteiger partial charge in [-0.05, 0) is 12.1 Å². The zero-order valence-electron chi connectivity index (χ0n) is 11.3. The number of nitrogens with two attached hydrogens (primary N) is 2. The lowest BCUT2D eigenvalue weighted by molar-refractivity contribution is 0.0877. The molecule has 4 amide bonds. The van der Waals surface area contributed by atoms with E-state index in [1.165, 1.54) is 6.07 Å². The minimum absolute atomic E-state index is 0.120. The van der Waals surface area contributed by atoms with E-state index >= 15 is 0 Å². The van der Waals surface area contributed by atoms with Crippen molar-refractivity contribution in [2.75, 3.05) is 0 Å². The summed E-state index contributed by atoms with van der Waals surface area (Å²) in [6.07, 6.45) is 0. The fourth-order valence-corrected chi connectivity index (χ4v) is 2.69. The molecule has 2 aromatic carbocycles. The van der Waals surface area contributed by atoms with Gasteiger partial charge in [0.05, 0.1) is 22.3 Å². The summed E-state index contributed by atoms with van der Waals surface area (Å²) in [4.78, 5) is 47.1. The second kappa shape index (κ2) is 4.44. The molecule has 0 saturated heterocycles. The van der Waals surface area contributed by atoms with Crippen molar-refractivity contribution in [2.24, 2.45) is 11.5 Å². The maximum absolute atomic E-state index is 12.0. The molecular weight excluding hydrogens is 306 g/mol. The molecule has 9 nitrogen and oxygen atoms in total. The number of carbonyl (C=O) groups is 4. The van der Waals surface area contributed by atoms with Gasteiger partial charge in [-0.25, -0.2) is 0 Å². The molecule has 116 valence electrons. The maximum atomic E-state index is 12.0. The summed E-state index contributed by atoms with van der Waals surface area (Å²) in [6, 6.07) is 2.32. The normalized spacial score (nSPS) is 13.0.